The quantitative estimate of drug-likeness (QED) is 0.851. The Morgan fingerprint density at radius 1 is 1.47 bits per heavy atom. The number of hydrogen-bond acceptors (Lipinski definition) is 3. The van der Waals surface area contributed by atoms with Gasteiger partial charge in [0.2, 0.25) is 0 Å². The molecule has 1 atom stereocenters. The highest BCUT2D eigenvalue weighted by molar-refractivity contribution is 5.43. The molecular weight excluding hydrogens is 212 g/mol. The lowest BCUT2D eigenvalue weighted by atomic mass is 9.85. The van der Waals surface area contributed by atoms with Gasteiger partial charge in [-0.15, -0.1) is 0 Å². The van der Waals surface area contributed by atoms with E-state index < -0.39 is 6.10 Å². The Bertz CT molecular complexity index is 346. The van der Waals surface area contributed by atoms with E-state index >= 15 is 0 Å². The van der Waals surface area contributed by atoms with E-state index in [1.54, 1.807) is 0 Å². The molecular formula is C14H22N2O. The van der Waals surface area contributed by atoms with Crippen molar-refractivity contribution in [1.29, 1.82) is 0 Å². The van der Waals surface area contributed by atoms with Crippen molar-refractivity contribution in [3.63, 3.8) is 0 Å². The number of pyridine rings is 1. The smallest absolute Gasteiger partial charge is 0.0957 e. The highest BCUT2D eigenvalue weighted by Gasteiger charge is 2.19. The van der Waals surface area contributed by atoms with Crippen LogP contribution in [-0.2, 0) is 0 Å². The first-order valence-electron chi connectivity index (χ1n) is 6.56. The van der Waals surface area contributed by atoms with Gasteiger partial charge in [0, 0.05) is 13.6 Å². The summed E-state index contributed by atoms with van der Waals surface area (Å²) in [7, 11) is 2.12. The molecule has 1 aromatic rings. The van der Waals surface area contributed by atoms with E-state index in [-0.39, 0.29) is 0 Å². The molecule has 0 spiro atoms. The van der Waals surface area contributed by atoms with Crippen molar-refractivity contribution in [3.05, 3.63) is 24.0 Å². The fourth-order valence-electron chi connectivity index (χ4n) is 2.20. The number of aliphatic hydroxyl groups is 1. The van der Waals surface area contributed by atoms with E-state index in [0.717, 1.165) is 23.8 Å². The number of nitrogens with zero attached hydrogens (tertiary/aromatic N) is 2. The topological polar surface area (TPSA) is 36.4 Å². The summed E-state index contributed by atoms with van der Waals surface area (Å²) >= 11 is 0. The summed E-state index contributed by atoms with van der Waals surface area (Å²) < 4.78 is 0. The van der Waals surface area contributed by atoms with Crippen LogP contribution in [0.4, 0.5) is 5.69 Å². The first-order valence-corrected chi connectivity index (χ1v) is 6.56. The molecule has 3 nitrogen and oxygen atoms in total. The van der Waals surface area contributed by atoms with Gasteiger partial charge in [0.25, 0.3) is 0 Å². The summed E-state index contributed by atoms with van der Waals surface area (Å²) in [6, 6.07) is 3.99. The molecule has 0 aliphatic heterocycles. The molecule has 1 saturated carbocycles. The first-order chi connectivity index (χ1) is 8.20. The second-order valence-electron chi connectivity index (χ2n) is 5.04. The number of anilines is 1. The molecule has 0 bridgehead atoms. The largest absolute Gasteiger partial charge is 0.387 e. The van der Waals surface area contributed by atoms with Gasteiger partial charge in [-0.3, -0.25) is 4.98 Å². The normalized spacial score (nSPS) is 17.6. The minimum absolute atomic E-state index is 0.430. The van der Waals surface area contributed by atoms with Gasteiger partial charge in [-0.2, -0.15) is 0 Å². The Balaban J connectivity index is 1.96. The van der Waals surface area contributed by atoms with E-state index in [2.05, 4.69) is 23.0 Å². The maximum absolute atomic E-state index is 9.68. The SMILES string of the molecule is CCC(O)c1ccc(N(C)CC2CCC2)cn1. The minimum atomic E-state index is -0.430. The molecule has 1 heterocycles. The summed E-state index contributed by atoms with van der Waals surface area (Å²) in [6.45, 7) is 3.08. The van der Waals surface area contributed by atoms with E-state index in [4.69, 9.17) is 0 Å². The van der Waals surface area contributed by atoms with Gasteiger partial charge < -0.3 is 10.0 Å². The van der Waals surface area contributed by atoms with E-state index in [1.165, 1.54) is 19.3 Å². The first kappa shape index (κ1) is 12.4. The highest BCUT2D eigenvalue weighted by atomic mass is 16.3. The summed E-state index contributed by atoms with van der Waals surface area (Å²) in [4.78, 5) is 6.59. The zero-order chi connectivity index (χ0) is 12.3. The van der Waals surface area contributed by atoms with Crippen molar-refractivity contribution in [1.82, 2.24) is 4.98 Å². The van der Waals surface area contributed by atoms with E-state index in [0.29, 0.717) is 6.42 Å². The summed E-state index contributed by atoms with van der Waals surface area (Å²) in [6.07, 6.45) is 6.27. The van der Waals surface area contributed by atoms with Crippen LogP contribution in [-0.4, -0.2) is 23.7 Å². The van der Waals surface area contributed by atoms with Crippen LogP contribution < -0.4 is 4.90 Å². The van der Waals surface area contributed by atoms with Crippen molar-refractivity contribution in [2.45, 2.75) is 38.7 Å². The maximum atomic E-state index is 9.68. The van der Waals surface area contributed by atoms with Crippen molar-refractivity contribution in [2.24, 2.45) is 5.92 Å². The highest BCUT2D eigenvalue weighted by Crippen LogP contribution is 2.28. The van der Waals surface area contributed by atoms with Crippen LogP contribution in [0, 0.1) is 5.92 Å². The standard InChI is InChI=1S/C14H22N2O/c1-3-14(17)13-8-7-12(9-15-13)16(2)10-11-5-4-6-11/h7-9,11,14,17H,3-6,10H2,1-2H3. The molecule has 1 fully saturated rings. The second-order valence-corrected chi connectivity index (χ2v) is 5.04. The Kier molecular flexibility index (Phi) is 4.00. The Hall–Kier alpha value is -1.09. The molecule has 3 heteroatoms. The maximum Gasteiger partial charge on any atom is 0.0957 e. The average Bonchev–Trinajstić information content (AvgIpc) is 2.32. The third-order valence-electron chi connectivity index (χ3n) is 3.70. The molecule has 17 heavy (non-hydrogen) atoms. The van der Waals surface area contributed by atoms with Crippen molar-refractivity contribution in [3.8, 4) is 0 Å². The van der Waals surface area contributed by atoms with Crippen LogP contribution in [0.3, 0.4) is 0 Å². The van der Waals surface area contributed by atoms with Crippen molar-refractivity contribution in [2.75, 3.05) is 18.5 Å². The van der Waals surface area contributed by atoms with Crippen LogP contribution in [0.15, 0.2) is 18.3 Å². The molecule has 94 valence electrons. The Morgan fingerprint density at radius 3 is 2.71 bits per heavy atom. The zero-order valence-electron chi connectivity index (χ0n) is 10.8. The number of aliphatic hydroxyl groups excluding tert-OH is 1. The van der Waals surface area contributed by atoms with Gasteiger partial charge in [0.05, 0.1) is 23.7 Å². The lowest BCUT2D eigenvalue weighted by Gasteiger charge is -2.31. The van der Waals surface area contributed by atoms with Crippen molar-refractivity contribution >= 4 is 5.69 Å². The second kappa shape index (κ2) is 5.50. The molecule has 0 aromatic carbocycles. The lowest BCUT2D eigenvalue weighted by molar-refractivity contribution is 0.169. The third-order valence-corrected chi connectivity index (χ3v) is 3.70. The molecule has 0 saturated heterocycles. The Morgan fingerprint density at radius 2 is 2.24 bits per heavy atom. The molecule has 0 amide bonds. The van der Waals surface area contributed by atoms with Gasteiger partial charge in [-0.1, -0.05) is 13.3 Å². The summed E-state index contributed by atoms with van der Waals surface area (Å²) in [5.41, 5.74) is 1.91. The van der Waals surface area contributed by atoms with Gasteiger partial charge in [0.15, 0.2) is 0 Å². The fourth-order valence-corrected chi connectivity index (χ4v) is 2.20. The average molecular weight is 234 g/mol. The monoisotopic (exact) mass is 234 g/mol. The van der Waals surface area contributed by atoms with Crippen LogP contribution in [0.5, 0.6) is 0 Å². The molecule has 0 radical (unpaired) electrons. The Labute approximate surface area is 103 Å². The van der Waals surface area contributed by atoms with Gasteiger partial charge in [-0.05, 0) is 37.3 Å². The van der Waals surface area contributed by atoms with Crippen LogP contribution in [0.2, 0.25) is 0 Å². The van der Waals surface area contributed by atoms with E-state index in [1.807, 2.05) is 19.2 Å². The predicted octanol–water partition coefficient (Wildman–Crippen LogP) is 2.76. The molecule has 1 aliphatic rings. The third kappa shape index (κ3) is 2.97. The van der Waals surface area contributed by atoms with Crippen molar-refractivity contribution < 1.29 is 5.11 Å². The lowest BCUT2D eigenvalue weighted by Crippen LogP contribution is -2.29. The predicted molar refractivity (Wildman–Crippen MR) is 70.1 cm³/mol. The van der Waals surface area contributed by atoms with Crippen LogP contribution >= 0.6 is 0 Å². The number of hydrogen-bond donors (Lipinski definition) is 1. The molecule has 1 aromatic heterocycles. The van der Waals surface area contributed by atoms with Crippen LogP contribution in [0.1, 0.15) is 44.4 Å². The molecule has 2 rings (SSSR count). The number of aromatic nitrogens is 1. The molecule has 1 unspecified atom stereocenters. The van der Waals surface area contributed by atoms with Gasteiger partial charge in [0.1, 0.15) is 0 Å². The summed E-state index contributed by atoms with van der Waals surface area (Å²) in [5.74, 6) is 0.862. The van der Waals surface area contributed by atoms with Gasteiger partial charge in [-0.25, -0.2) is 0 Å². The fraction of sp³-hybridized carbons (Fsp3) is 0.643. The zero-order valence-corrected chi connectivity index (χ0v) is 10.8. The van der Waals surface area contributed by atoms with E-state index in [9.17, 15) is 5.11 Å². The van der Waals surface area contributed by atoms with Gasteiger partial charge >= 0.3 is 0 Å². The summed E-state index contributed by atoms with van der Waals surface area (Å²) in [5, 5.41) is 9.68. The molecule has 1 N–H and O–H groups in total. The minimum Gasteiger partial charge on any atom is -0.387 e. The number of rotatable bonds is 5. The van der Waals surface area contributed by atoms with Crippen LogP contribution in [0.25, 0.3) is 0 Å². The molecule has 1 aliphatic carbocycles.